The van der Waals surface area contributed by atoms with Crippen molar-refractivity contribution in [2.75, 3.05) is 13.0 Å². The van der Waals surface area contributed by atoms with E-state index in [2.05, 4.69) is 9.47 Å². The Morgan fingerprint density at radius 2 is 2.33 bits per heavy atom. The highest BCUT2D eigenvalue weighted by Gasteiger charge is 2.39. The van der Waals surface area contributed by atoms with Gasteiger partial charge in [-0.1, -0.05) is 0 Å². The molecule has 0 spiro atoms. The number of halogens is 1. The number of Topliss-reactive ketones (excluding diaryl/α,β-unsaturated/α-hetero) is 1. The molecule has 1 fully saturated rings. The van der Waals surface area contributed by atoms with Crippen LogP contribution in [0.15, 0.2) is 11.8 Å². The van der Waals surface area contributed by atoms with E-state index in [9.17, 15) is 9.59 Å². The Morgan fingerprint density at radius 3 is 2.75 bits per heavy atom. The smallest absolute Gasteiger partial charge is 0.349 e. The third kappa shape index (κ3) is 1.49. The summed E-state index contributed by atoms with van der Waals surface area (Å²) >= 11 is 5.32. The molecule has 12 heavy (non-hydrogen) atoms. The fraction of sp³-hybridized carbons (Fsp3) is 0.429. The van der Waals surface area contributed by atoms with Crippen molar-refractivity contribution in [1.29, 1.82) is 0 Å². The Hall–Kier alpha value is -0.870. The third-order valence-corrected chi connectivity index (χ3v) is 1.56. The zero-order valence-corrected chi connectivity index (χ0v) is 7.13. The zero-order chi connectivity index (χ0) is 9.14. The Labute approximate surface area is 74.1 Å². The molecule has 0 radical (unpaired) electrons. The van der Waals surface area contributed by atoms with Crippen LogP contribution in [0, 0.1) is 0 Å². The molecule has 4 nitrogen and oxygen atoms in total. The van der Waals surface area contributed by atoms with Crippen LogP contribution in [0.1, 0.15) is 0 Å². The van der Waals surface area contributed by atoms with Crippen LogP contribution in [0.5, 0.6) is 0 Å². The summed E-state index contributed by atoms with van der Waals surface area (Å²) in [4.78, 5) is 22.0. The molecule has 0 aliphatic carbocycles. The number of ketones is 1. The average Bonchev–Trinajstić information content (AvgIpc) is 2.29. The van der Waals surface area contributed by atoms with Gasteiger partial charge in [-0.2, -0.15) is 0 Å². The van der Waals surface area contributed by atoms with Crippen molar-refractivity contribution in [2.24, 2.45) is 0 Å². The number of ether oxygens (including phenoxy) is 2. The molecule has 0 N–H and O–H groups in total. The monoisotopic (exact) mass is 190 g/mol. The number of allylic oxidation sites excluding steroid dienone is 1. The molecular formula is C7H7ClO4. The summed E-state index contributed by atoms with van der Waals surface area (Å²) in [6, 6.07) is 0. The molecule has 0 aromatic heterocycles. The molecule has 1 unspecified atom stereocenters. The standard InChI is InChI=1S/C7H7ClO4/c1-11-6-5(9)4(2-3-8)12-7(6)10/h2,6H,3H2,1H3. The van der Waals surface area contributed by atoms with Gasteiger partial charge in [0.2, 0.25) is 11.9 Å². The summed E-state index contributed by atoms with van der Waals surface area (Å²) in [5.74, 6) is -1.05. The highest BCUT2D eigenvalue weighted by atomic mass is 35.5. The van der Waals surface area contributed by atoms with Gasteiger partial charge in [-0.3, -0.25) is 4.79 Å². The first kappa shape index (κ1) is 9.22. The first-order valence-electron chi connectivity index (χ1n) is 3.25. The Bertz CT molecular complexity index is 246. The van der Waals surface area contributed by atoms with Crippen molar-refractivity contribution in [3.05, 3.63) is 11.8 Å². The van der Waals surface area contributed by atoms with E-state index in [0.29, 0.717) is 0 Å². The highest BCUT2D eigenvalue weighted by Crippen LogP contribution is 2.16. The molecule has 0 saturated carbocycles. The lowest BCUT2D eigenvalue weighted by Crippen LogP contribution is -2.23. The topological polar surface area (TPSA) is 52.6 Å². The van der Waals surface area contributed by atoms with Crippen molar-refractivity contribution in [2.45, 2.75) is 6.10 Å². The van der Waals surface area contributed by atoms with Gasteiger partial charge in [-0.25, -0.2) is 4.79 Å². The maximum Gasteiger partial charge on any atom is 0.349 e. The largest absolute Gasteiger partial charge is 0.421 e. The second kappa shape index (κ2) is 3.69. The van der Waals surface area contributed by atoms with Gasteiger partial charge in [0.25, 0.3) is 0 Å². The lowest BCUT2D eigenvalue weighted by molar-refractivity contribution is -0.145. The van der Waals surface area contributed by atoms with E-state index in [1.807, 2.05) is 0 Å². The molecule has 1 saturated heterocycles. The van der Waals surface area contributed by atoms with E-state index in [4.69, 9.17) is 11.6 Å². The molecule has 1 heterocycles. The molecule has 0 amide bonds. The summed E-state index contributed by atoms with van der Waals surface area (Å²) in [5.41, 5.74) is 0. The quantitative estimate of drug-likeness (QED) is 0.271. The summed E-state index contributed by atoms with van der Waals surface area (Å²) < 4.78 is 9.18. The minimum Gasteiger partial charge on any atom is -0.421 e. The average molecular weight is 191 g/mol. The van der Waals surface area contributed by atoms with Gasteiger partial charge in [0.15, 0.2) is 5.76 Å². The number of hydrogen-bond acceptors (Lipinski definition) is 4. The molecule has 0 aromatic carbocycles. The predicted molar refractivity (Wildman–Crippen MR) is 40.7 cm³/mol. The number of carbonyl (C=O) groups is 2. The van der Waals surface area contributed by atoms with Crippen LogP contribution >= 0.6 is 11.6 Å². The van der Waals surface area contributed by atoms with Gasteiger partial charge in [-0.05, 0) is 6.08 Å². The summed E-state index contributed by atoms with van der Waals surface area (Å²) in [6.07, 6.45) is 0.223. The van der Waals surface area contributed by atoms with Gasteiger partial charge in [0, 0.05) is 13.0 Å². The minimum absolute atomic E-state index is 0.0261. The van der Waals surface area contributed by atoms with Crippen LogP contribution in [-0.2, 0) is 19.1 Å². The van der Waals surface area contributed by atoms with Gasteiger partial charge in [-0.15, -0.1) is 11.6 Å². The van der Waals surface area contributed by atoms with E-state index < -0.39 is 17.9 Å². The highest BCUT2D eigenvalue weighted by molar-refractivity contribution is 6.20. The number of hydrogen-bond donors (Lipinski definition) is 0. The van der Waals surface area contributed by atoms with Crippen LogP contribution in [0.25, 0.3) is 0 Å². The van der Waals surface area contributed by atoms with E-state index in [-0.39, 0.29) is 11.6 Å². The van der Waals surface area contributed by atoms with E-state index in [1.165, 1.54) is 13.2 Å². The Morgan fingerprint density at radius 1 is 1.67 bits per heavy atom. The Balaban J connectivity index is 2.82. The summed E-state index contributed by atoms with van der Waals surface area (Å²) in [7, 11) is 1.27. The first-order chi connectivity index (χ1) is 5.70. The predicted octanol–water partition coefficient (Wildman–Crippen LogP) is 0.250. The third-order valence-electron chi connectivity index (χ3n) is 1.40. The van der Waals surface area contributed by atoms with Crippen molar-refractivity contribution >= 4 is 23.4 Å². The lowest BCUT2D eigenvalue weighted by atomic mass is 10.2. The molecule has 0 aromatic rings. The van der Waals surface area contributed by atoms with E-state index in [0.717, 1.165) is 0 Å². The maximum atomic E-state index is 11.1. The number of cyclic esters (lactones) is 1. The fourth-order valence-electron chi connectivity index (χ4n) is 0.864. The fourth-order valence-corrected chi connectivity index (χ4v) is 1.00. The van der Waals surface area contributed by atoms with Crippen LogP contribution in [-0.4, -0.2) is 30.8 Å². The molecule has 1 aliphatic heterocycles. The van der Waals surface area contributed by atoms with E-state index in [1.54, 1.807) is 0 Å². The molecular weight excluding hydrogens is 184 g/mol. The number of rotatable bonds is 2. The molecule has 1 aliphatic rings. The van der Waals surface area contributed by atoms with Gasteiger partial charge in [0.05, 0.1) is 0 Å². The maximum absolute atomic E-state index is 11.1. The Kier molecular flexibility index (Phi) is 2.83. The molecule has 0 bridgehead atoms. The summed E-state index contributed by atoms with van der Waals surface area (Å²) in [5, 5.41) is 0. The van der Waals surface area contributed by atoms with Crippen molar-refractivity contribution in [3.63, 3.8) is 0 Å². The van der Waals surface area contributed by atoms with Gasteiger partial charge >= 0.3 is 5.97 Å². The second-order valence-corrected chi connectivity index (χ2v) is 2.43. The molecule has 66 valence electrons. The zero-order valence-electron chi connectivity index (χ0n) is 6.37. The van der Waals surface area contributed by atoms with Crippen LogP contribution in [0.4, 0.5) is 0 Å². The molecule has 1 atom stereocenters. The minimum atomic E-state index is -1.11. The van der Waals surface area contributed by atoms with Crippen molar-refractivity contribution in [1.82, 2.24) is 0 Å². The van der Waals surface area contributed by atoms with Gasteiger partial charge < -0.3 is 9.47 Å². The van der Waals surface area contributed by atoms with Crippen LogP contribution in [0.3, 0.4) is 0 Å². The van der Waals surface area contributed by atoms with Crippen molar-refractivity contribution in [3.8, 4) is 0 Å². The van der Waals surface area contributed by atoms with Crippen LogP contribution < -0.4 is 0 Å². The molecule has 1 rings (SSSR count). The number of esters is 1. The van der Waals surface area contributed by atoms with Gasteiger partial charge in [0.1, 0.15) is 0 Å². The second-order valence-electron chi connectivity index (χ2n) is 2.12. The SMILES string of the molecule is COC1C(=O)OC(=CCCl)C1=O. The number of alkyl halides is 1. The van der Waals surface area contributed by atoms with Crippen LogP contribution in [0.2, 0.25) is 0 Å². The first-order valence-corrected chi connectivity index (χ1v) is 3.79. The normalized spacial score (nSPS) is 26.5. The number of methoxy groups -OCH3 is 1. The van der Waals surface area contributed by atoms with E-state index >= 15 is 0 Å². The van der Waals surface area contributed by atoms with Crippen molar-refractivity contribution < 1.29 is 19.1 Å². The summed E-state index contributed by atoms with van der Waals surface area (Å²) in [6.45, 7) is 0. The molecule has 5 heteroatoms. The lowest BCUT2D eigenvalue weighted by Gasteiger charge is -1.96. The number of carbonyl (C=O) groups excluding carboxylic acids is 2.